The average Bonchev–Trinajstić information content (AvgIpc) is 2.83. The van der Waals surface area contributed by atoms with Gasteiger partial charge in [-0.15, -0.1) is 0 Å². The van der Waals surface area contributed by atoms with Crippen LogP contribution in [0.5, 0.6) is 28.7 Å². The first-order valence-corrected chi connectivity index (χ1v) is 12.2. The number of sulfonamides is 1. The molecule has 1 N–H and O–H groups in total. The highest BCUT2D eigenvalue weighted by molar-refractivity contribution is 7.89. The molecule has 0 saturated carbocycles. The summed E-state index contributed by atoms with van der Waals surface area (Å²) >= 11 is 0. The maximum atomic E-state index is 12.8. The Morgan fingerprint density at radius 3 is 1.85 bits per heavy atom. The van der Waals surface area contributed by atoms with Crippen LogP contribution in [0.25, 0.3) is 6.08 Å². The first-order chi connectivity index (χ1) is 15.7. The summed E-state index contributed by atoms with van der Waals surface area (Å²) in [6, 6.07) is 7.04. The molecule has 0 aliphatic carbocycles. The van der Waals surface area contributed by atoms with E-state index >= 15 is 0 Å². The number of nitrogens with one attached hydrogen (secondary N) is 1. The van der Waals surface area contributed by atoms with Crippen molar-refractivity contribution in [2.75, 3.05) is 42.7 Å². The molecular weight excluding hydrogens is 477 g/mol. The van der Waals surface area contributed by atoms with Gasteiger partial charge in [0, 0.05) is 38.6 Å². The van der Waals surface area contributed by atoms with Crippen LogP contribution in [0.15, 0.2) is 41.4 Å². The van der Waals surface area contributed by atoms with Crippen LogP contribution in [0.4, 0.5) is 0 Å². The Labute approximate surface area is 192 Å². The molecule has 0 spiro atoms. The summed E-state index contributed by atoms with van der Waals surface area (Å²) in [5, 5.41) is 0. The van der Waals surface area contributed by atoms with Gasteiger partial charge in [0.25, 0.3) is 10.0 Å². The Hall–Kier alpha value is -2.92. The van der Waals surface area contributed by atoms with Crippen molar-refractivity contribution in [3.63, 3.8) is 0 Å². The topological polar surface area (TPSA) is 128 Å². The van der Waals surface area contributed by atoms with Crippen molar-refractivity contribution in [3.05, 3.63) is 42.1 Å². The molecule has 0 fully saturated rings. The lowest BCUT2D eigenvalue weighted by molar-refractivity contribution is 0.208. The van der Waals surface area contributed by atoms with Crippen LogP contribution >= 0.6 is 7.82 Å². The number of phosphoric ester groups is 1. The molecule has 182 valence electrons. The summed E-state index contributed by atoms with van der Waals surface area (Å²) in [5.41, 5.74) is 0.489. The quantitative estimate of drug-likeness (QED) is 0.430. The molecule has 2 aromatic carbocycles. The molecule has 0 bridgehead atoms. The van der Waals surface area contributed by atoms with E-state index < -0.39 is 17.8 Å². The lowest BCUT2D eigenvalue weighted by Crippen LogP contribution is -2.18. The van der Waals surface area contributed by atoms with Crippen LogP contribution in [0.3, 0.4) is 0 Å². The van der Waals surface area contributed by atoms with Crippen molar-refractivity contribution in [1.29, 1.82) is 0 Å². The molecule has 0 aromatic heterocycles. The zero-order chi connectivity index (χ0) is 24.6. The van der Waals surface area contributed by atoms with E-state index in [1.165, 1.54) is 52.8 Å². The molecular formula is C20H26NO10PS. The van der Waals surface area contributed by atoms with Crippen LogP contribution in [0.1, 0.15) is 5.56 Å². The average molecular weight is 503 g/mol. The number of phosphoric acid groups is 1. The van der Waals surface area contributed by atoms with Gasteiger partial charge in [0.2, 0.25) is 0 Å². The molecule has 0 aliphatic rings. The maximum absolute atomic E-state index is 12.8. The lowest BCUT2D eigenvalue weighted by atomic mass is 10.1. The van der Waals surface area contributed by atoms with Gasteiger partial charge in [0.15, 0.2) is 11.5 Å². The third-order valence-electron chi connectivity index (χ3n) is 4.33. The lowest BCUT2D eigenvalue weighted by Gasteiger charge is -2.17. The first-order valence-electron chi connectivity index (χ1n) is 9.25. The summed E-state index contributed by atoms with van der Waals surface area (Å²) in [6.45, 7) is 0. The predicted molar refractivity (Wildman–Crippen MR) is 121 cm³/mol. The zero-order valence-electron chi connectivity index (χ0n) is 19.0. The number of rotatable bonds is 12. The van der Waals surface area contributed by atoms with Gasteiger partial charge in [-0.05, 0) is 18.2 Å². The van der Waals surface area contributed by atoms with Gasteiger partial charge in [-0.3, -0.25) is 13.8 Å². The Morgan fingerprint density at radius 1 is 0.788 bits per heavy atom. The predicted octanol–water partition coefficient (Wildman–Crippen LogP) is 3.45. The van der Waals surface area contributed by atoms with E-state index in [1.54, 1.807) is 12.1 Å². The number of hydrogen-bond donors (Lipinski definition) is 1. The Bertz CT molecular complexity index is 1120. The summed E-state index contributed by atoms with van der Waals surface area (Å²) in [7, 11) is 0.0417. The minimum Gasteiger partial charge on any atom is -0.496 e. The fraction of sp³-hybridized carbons (Fsp3) is 0.300. The van der Waals surface area contributed by atoms with Crippen molar-refractivity contribution >= 4 is 23.9 Å². The van der Waals surface area contributed by atoms with E-state index in [1.807, 2.05) is 0 Å². The fourth-order valence-corrected chi connectivity index (χ4v) is 4.21. The third-order valence-corrected chi connectivity index (χ3v) is 6.96. The third kappa shape index (κ3) is 6.32. The SMILES string of the molecule is COc1cc(OC)c(/C=C/NS(=O)(=O)c2ccc(OC)c(OP(=O)(OC)OC)c2)c(OC)c1. The number of ether oxygens (including phenoxy) is 4. The molecule has 33 heavy (non-hydrogen) atoms. The molecule has 0 amide bonds. The van der Waals surface area contributed by atoms with E-state index in [9.17, 15) is 13.0 Å². The minimum absolute atomic E-state index is 0.131. The summed E-state index contributed by atoms with van der Waals surface area (Å²) in [5.74, 6) is 1.33. The van der Waals surface area contributed by atoms with E-state index in [0.29, 0.717) is 22.8 Å². The highest BCUT2D eigenvalue weighted by Crippen LogP contribution is 2.50. The van der Waals surface area contributed by atoms with Crippen molar-refractivity contribution in [1.82, 2.24) is 4.72 Å². The standard InChI is InChI=1S/C20H26NO10PS/c1-25-14-11-18(27-3)16(19(12-14)28-4)9-10-21-33(23,24)15-7-8-17(26-2)20(13-15)31-32(22,29-5)30-6/h7-13,21H,1-6H3/b10-9+. The van der Waals surface area contributed by atoms with E-state index in [2.05, 4.69) is 4.72 Å². The van der Waals surface area contributed by atoms with Crippen LogP contribution in [-0.2, 0) is 23.6 Å². The molecule has 2 aromatic rings. The van der Waals surface area contributed by atoms with Crippen LogP contribution < -0.4 is 28.2 Å². The van der Waals surface area contributed by atoms with Gasteiger partial charge in [-0.2, -0.15) is 0 Å². The molecule has 0 heterocycles. The second-order valence-electron chi connectivity index (χ2n) is 6.12. The maximum Gasteiger partial charge on any atom is 0.529 e. The van der Waals surface area contributed by atoms with Crippen molar-refractivity contribution < 1.29 is 45.5 Å². The summed E-state index contributed by atoms with van der Waals surface area (Å²) in [6.07, 6.45) is 2.68. The minimum atomic E-state index is -4.05. The van der Waals surface area contributed by atoms with Crippen molar-refractivity contribution in [3.8, 4) is 28.7 Å². The molecule has 0 aliphatic heterocycles. The summed E-state index contributed by atoms with van der Waals surface area (Å²) in [4.78, 5) is -0.185. The Balaban J connectivity index is 2.36. The van der Waals surface area contributed by atoms with Gasteiger partial charge in [-0.1, -0.05) is 0 Å². The molecule has 0 atom stereocenters. The molecule has 11 nitrogen and oxygen atoms in total. The fourth-order valence-electron chi connectivity index (χ4n) is 2.64. The monoisotopic (exact) mass is 503 g/mol. The number of hydrogen-bond acceptors (Lipinski definition) is 10. The smallest absolute Gasteiger partial charge is 0.496 e. The van der Waals surface area contributed by atoms with Gasteiger partial charge in [0.1, 0.15) is 17.2 Å². The largest absolute Gasteiger partial charge is 0.529 e. The van der Waals surface area contributed by atoms with Crippen molar-refractivity contribution in [2.45, 2.75) is 4.90 Å². The highest BCUT2D eigenvalue weighted by Gasteiger charge is 2.27. The molecule has 13 heteroatoms. The molecule has 0 radical (unpaired) electrons. The Morgan fingerprint density at radius 2 is 1.36 bits per heavy atom. The second-order valence-corrected chi connectivity index (χ2v) is 9.64. The molecule has 2 rings (SSSR count). The van der Waals surface area contributed by atoms with Crippen LogP contribution in [0.2, 0.25) is 0 Å². The van der Waals surface area contributed by atoms with Gasteiger partial charge in [0.05, 0.1) is 38.9 Å². The molecule has 0 unspecified atom stereocenters. The first kappa shape index (κ1) is 26.3. The number of methoxy groups -OCH3 is 4. The van der Waals surface area contributed by atoms with Crippen LogP contribution in [0, 0.1) is 0 Å². The highest BCUT2D eigenvalue weighted by atomic mass is 32.2. The van der Waals surface area contributed by atoms with Crippen molar-refractivity contribution in [2.24, 2.45) is 0 Å². The summed E-state index contributed by atoms with van der Waals surface area (Å²) < 4.78 is 76.0. The van der Waals surface area contributed by atoms with E-state index in [4.69, 9.17) is 32.5 Å². The van der Waals surface area contributed by atoms with Crippen LogP contribution in [-0.4, -0.2) is 51.1 Å². The van der Waals surface area contributed by atoms with Gasteiger partial charge >= 0.3 is 7.82 Å². The molecule has 0 saturated heterocycles. The number of benzene rings is 2. The Kier molecular flexibility index (Phi) is 9.00. The zero-order valence-corrected chi connectivity index (χ0v) is 20.7. The van der Waals surface area contributed by atoms with Gasteiger partial charge < -0.3 is 23.5 Å². The second kappa shape index (κ2) is 11.3. The van der Waals surface area contributed by atoms with E-state index in [0.717, 1.165) is 20.3 Å². The van der Waals surface area contributed by atoms with Gasteiger partial charge in [-0.25, -0.2) is 13.0 Å². The normalized spacial score (nSPS) is 11.8. The van der Waals surface area contributed by atoms with E-state index in [-0.39, 0.29) is 16.4 Å².